The van der Waals surface area contributed by atoms with Gasteiger partial charge in [0.15, 0.2) is 0 Å². The average molecular weight is 377 g/mol. The second-order valence-corrected chi connectivity index (χ2v) is 7.27. The number of carbonyl (C=O) groups excluding carboxylic acids is 1. The molecule has 1 aromatic heterocycles. The van der Waals surface area contributed by atoms with Crippen LogP contribution in [-0.2, 0) is 24.1 Å². The smallest absolute Gasteiger partial charge is 0.227 e. The Hall–Kier alpha value is -3.08. The molecule has 5 nitrogen and oxygen atoms in total. The minimum atomic E-state index is -0.0227. The number of aryl methyl sites for hydroxylation is 2. The van der Waals surface area contributed by atoms with Crippen molar-refractivity contribution in [3.05, 3.63) is 82.9 Å². The van der Waals surface area contributed by atoms with Crippen molar-refractivity contribution in [3.63, 3.8) is 0 Å². The summed E-state index contributed by atoms with van der Waals surface area (Å²) in [7, 11) is 0. The highest BCUT2D eigenvalue weighted by atomic mass is 16.3. The van der Waals surface area contributed by atoms with Gasteiger partial charge in [-0.05, 0) is 49.9 Å². The van der Waals surface area contributed by atoms with Gasteiger partial charge >= 0.3 is 0 Å². The number of nitrogens with one attached hydrogen (secondary N) is 2. The molecule has 0 unspecified atom stereocenters. The molecule has 3 rings (SSSR count). The van der Waals surface area contributed by atoms with Crippen LogP contribution in [0.2, 0.25) is 0 Å². The van der Waals surface area contributed by atoms with Gasteiger partial charge in [0.1, 0.15) is 11.6 Å². The molecule has 0 spiro atoms. The molecule has 28 heavy (non-hydrogen) atoms. The van der Waals surface area contributed by atoms with E-state index in [4.69, 9.17) is 0 Å². The maximum atomic E-state index is 12.4. The van der Waals surface area contributed by atoms with Gasteiger partial charge in [-0.25, -0.2) is 4.98 Å². The summed E-state index contributed by atoms with van der Waals surface area (Å²) < 4.78 is 0. The summed E-state index contributed by atoms with van der Waals surface area (Å²) in [6.07, 6.45) is 2.75. The van der Waals surface area contributed by atoms with E-state index in [9.17, 15) is 9.90 Å². The number of hydrogen-bond donors (Lipinski definition) is 3. The minimum Gasteiger partial charge on any atom is -0.508 e. The number of aromatic amines is 1. The number of benzene rings is 2. The van der Waals surface area contributed by atoms with Gasteiger partial charge in [0.2, 0.25) is 5.91 Å². The van der Waals surface area contributed by atoms with Crippen LogP contribution in [0.1, 0.15) is 41.7 Å². The first-order chi connectivity index (χ1) is 13.5. The van der Waals surface area contributed by atoms with E-state index in [1.165, 1.54) is 5.56 Å². The van der Waals surface area contributed by atoms with E-state index in [2.05, 4.69) is 27.4 Å². The summed E-state index contributed by atoms with van der Waals surface area (Å²) in [5.41, 5.74) is 4.24. The van der Waals surface area contributed by atoms with Crippen LogP contribution in [0.15, 0.2) is 54.6 Å². The Morgan fingerprint density at radius 1 is 1.11 bits per heavy atom. The van der Waals surface area contributed by atoms with E-state index in [0.29, 0.717) is 12.2 Å². The summed E-state index contributed by atoms with van der Waals surface area (Å²) >= 11 is 0. The van der Waals surface area contributed by atoms with Crippen molar-refractivity contribution in [2.24, 2.45) is 0 Å². The average Bonchev–Trinajstić information content (AvgIpc) is 3.01. The molecule has 1 heterocycles. The fourth-order valence-corrected chi connectivity index (χ4v) is 3.20. The van der Waals surface area contributed by atoms with Crippen molar-refractivity contribution >= 4 is 5.91 Å². The van der Waals surface area contributed by atoms with Crippen LogP contribution in [-0.4, -0.2) is 27.0 Å². The van der Waals surface area contributed by atoms with E-state index in [1.807, 2.05) is 44.2 Å². The lowest BCUT2D eigenvalue weighted by Gasteiger charge is -2.13. The lowest BCUT2D eigenvalue weighted by molar-refractivity contribution is -0.121. The van der Waals surface area contributed by atoms with Gasteiger partial charge in [-0.3, -0.25) is 4.79 Å². The minimum absolute atomic E-state index is 0.0227. The molecule has 0 aliphatic rings. The molecular weight excluding hydrogens is 350 g/mol. The van der Waals surface area contributed by atoms with E-state index >= 15 is 0 Å². The largest absolute Gasteiger partial charge is 0.508 e. The van der Waals surface area contributed by atoms with Crippen molar-refractivity contribution < 1.29 is 9.90 Å². The predicted molar refractivity (Wildman–Crippen MR) is 110 cm³/mol. The van der Waals surface area contributed by atoms with E-state index in [1.54, 1.807) is 12.1 Å². The SMILES string of the molecule is Cc1[nH]c(CC(=O)N[C@H](C)CCc2ccccc2)nc1Cc1ccc(O)cc1. The molecule has 1 amide bonds. The Bertz CT molecular complexity index is 901. The summed E-state index contributed by atoms with van der Waals surface area (Å²) in [5.74, 6) is 0.908. The van der Waals surface area contributed by atoms with Crippen LogP contribution in [0, 0.1) is 6.92 Å². The van der Waals surface area contributed by atoms with Crippen LogP contribution in [0.25, 0.3) is 0 Å². The molecule has 0 saturated heterocycles. The molecule has 146 valence electrons. The number of H-pyrrole nitrogens is 1. The summed E-state index contributed by atoms with van der Waals surface area (Å²) in [6, 6.07) is 17.5. The Labute approximate surface area is 165 Å². The second kappa shape index (κ2) is 9.22. The van der Waals surface area contributed by atoms with Gasteiger partial charge in [0, 0.05) is 18.2 Å². The normalized spacial score (nSPS) is 11.9. The van der Waals surface area contributed by atoms with Gasteiger partial charge in [-0.2, -0.15) is 0 Å². The fraction of sp³-hybridized carbons (Fsp3) is 0.304. The number of hydrogen-bond acceptors (Lipinski definition) is 3. The van der Waals surface area contributed by atoms with Crippen LogP contribution in [0.4, 0.5) is 0 Å². The molecule has 0 fully saturated rings. The van der Waals surface area contributed by atoms with Crippen molar-refractivity contribution in [1.82, 2.24) is 15.3 Å². The number of imidazole rings is 1. The number of phenols is 1. The highest BCUT2D eigenvalue weighted by Gasteiger charge is 2.13. The Kier molecular flexibility index (Phi) is 6.48. The van der Waals surface area contributed by atoms with Crippen LogP contribution < -0.4 is 5.32 Å². The number of aromatic hydroxyl groups is 1. The van der Waals surface area contributed by atoms with Gasteiger partial charge in [-0.1, -0.05) is 42.5 Å². The van der Waals surface area contributed by atoms with Crippen molar-refractivity contribution in [2.45, 2.75) is 45.6 Å². The summed E-state index contributed by atoms with van der Waals surface area (Å²) in [6.45, 7) is 4.00. The van der Waals surface area contributed by atoms with Gasteiger partial charge in [0.05, 0.1) is 12.1 Å². The fourth-order valence-electron chi connectivity index (χ4n) is 3.20. The van der Waals surface area contributed by atoms with E-state index in [0.717, 1.165) is 29.8 Å². The van der Waals surface area contributed by atoms with E-state index in [-0.39, 0.29) is 24.1 Å². The van der Waals surface area contributed by atoms with E-state index < -0.39 is 0 Å². The topological polar surface area (TPSA) is 78.0 Å². The standard InChI is InChI=1S/C23H27N3O2/c1-16(8-9-18-6-4-3-5-7-18)24-23(28)15-22-25-17(2)21(26-22)14-19-10-12-20(27)13-11-19/h3-7,10-13,16,27H,8-9,14-15H2,1-2H3,(H,24,28)(H,25,26)/t16-/m1/s1. The number of rotatable bonds is 8. The number of aromatic nitrogens is 2. The number of carbonyl (C=O) groups is 1. The van der Waals surface area contributed by atoms with Gasteiger partial charge in [0.25, 0.3) is 0 Å². The second-order valence-electron chi connectivity index (χ2n) is 7.27. The zero-order chi connectivity index (χ0) is 19.9. The maximum absolute atomic E-state index is 12.4. The molecule has 0 radical (unpaired) electrons. The first kappa shape index (κ1) is 19.7. The van der Waals surface area contributed by atoms with Crippen molar-refractivity contribution in [2.75, 3.05) is 0 Å². The van der Waals surface area contributed by atoms with Gasteiger partial charge in [-0.15, -0.1) is 0 Å². The molecule has 3 aromatic rings. The summed E-state index contributed by atoms with van der Waals surface area (Å²) in [4.78, 5) is 20.2. The number of amides is 1. The highest BCUT2D eigenvalue weighted by molar-refractivity contribution is 5.78. The molecule has 5 heteroatoms. The molecule has 2 aromatic carbocycles. The molecule has 0 aliphatic heterocycles. The molecular formula is C23H27N3O2. The number of phenolic OH excluding ortho intramolecular Hbond substituents is 1. The Morgan fingerprint density at radius 2 is 1.82 bits per heavy atom. The third-order valence-electron chi connectivity index (χ3n) is 4.79. The quantitative estimate of drug-likeness (QED) is 0.560. The Balaban J connectivity index is 1.50. The monoisotopic (exact) mass is 377 g/mol. The zero-order valence-electron chi connectivity index (χ0n) is 16.4. The Morgan fingerprint density at radius 3 is 2.54 bits per heavy atom. The third-order valence-corrected chi connectivity index (χ3v) is 4.79. The zero-order valence-corrected chi connectivity index (χ0v) is 16.4. The first-order valence-corrected chi connectivity index (χ1v) is 9.65. The molecule has 3 N–H and O–H groups in total. The lowest BCUT2D eigenvalue weighted by atomic mass is 10.1. The molecule has 0 bridgehead atoms. The van der Waals surface area contributed by atoms with Crippen LogP contribution in [0.5, 0.6) is 5.75 Å². The van der Waals surface area contributed by atoms with Crippen molar-refractivity contribution in [3.8, 4) is 5.75 Å². The molecule has 1 atom stereocenters. The third kappa shape index (κ3) is 5.71. The first-order valence-electron chi connectivity index (χ1n) is 9.65. The predicted octanol–water partition coefficient (Wildman–Crippen LogP) is 3.69. The molecule has 0 aliphatic carbocycles. The highest BCUT2D eigenvalue weighted by Crippen LogP contribution is 2.15. The molecule has 0 saturated carbocycles. The van der Waals surface area contributed by atoms with Gasteiger partial charge < -0.3 is 15.4 Å². The summed E-state index contributed by atoms with van der Waals surface area (Å²) in [5, 5.41) is 12.4. The number of nitrogens with zero attached hydrogens (tertiary/aromatic N) is 1. The maximum Gasteiger partial charge on any atom is 0.227 e. The van der Waals surface area contributed by atoms with Crippen LogP contribution in [0.3, 0.4) is 0 Å². The lowest BCUT2D eigenvalue weighted by Crippen LogP contribution is -2.34. The van der Waals surface area contributed by atoms with Crippen molar-refractivity contribution in [1.29, 1.82) is 0 Å². The van der Waals surface area contributed by atoms with Crippen LogP contribution >= 0.6 is 0 Å².